The highest BCUT2D eigenvalue weighted by molar-refractivity contribution is 5.79. The number of hydrogen-bond donors (Lipinski definition) is 0. The third-order valence-corrected chi connectivity index (χ3v) is 2.89. The second-order valence-electron chi connectivity index (χ2n) is 4.05. The molecule has 1 rings (SSSR count). The molecule has 0 aromatic heterocycles. The molecule has 1 saturated carbocycles. The Hall–Kier alpha value is -0.850. The summed E-state index contributed by atoms with van der Waals surface area (Å²) in [7, 11) is 0. The fourth-order valence-electron chi connectivity index (χ4n) is 2.30. The number of carbonyl (C=O) groups excluding carboxylic acids is 1. The van der Waals surface area contributed by atoms with Crippen LogP contribution < -0.4 is 0 Å². The summed E-state index contributed by atoms with van der Waals surface area (Å²) in [6.07, 6.45) is 9.46. The van der Waals surface area contributed by atoms with Gasteiger partial charge in [-0.25, -0.2) is 0 Å². The maximum Gasteiger partial charge on any atom is 0.133 e. The van der Waals surface area contributed by atoms with Gasteiger partial charge in [0.1, 0.15) is 5.78 Å². The van der Waals surface area contributed by atoms with Crippen LogP contribution in [-0.4, -0.2) is 5.78 Å². The van der Waals surface area contributed by atoms with Gasteiger partial charge in [0.15, 0.2) is 0 Å². The van der Waals surface area contributed by atoms with Gasteiger partial charge in [0, 0.05) is 12.8 Å². The molecule has 0 unspecified atom stereocenters. The Morgan fingerprint density at radius 2 is 1.92 bits per heavy atom. The van der Waals surface area contributed by atoms with Gasteiger partial charge in [-0.2, -0.15) is 0 Å². The molecule has 0 spiro atoms. The summed E-state index contributed by atoms with van der Waals surface area (Å²) in [6.45, 7) is 7.52. The minimum atomic E-state index is 0.166. The molecule has 1 heteroatoms. The lowest BCUT2D eigenvalue weighted by molar-refractivity contribution is -0.123. The third kappa shape index (κ3) is 2.55. The van der Waals surface area contributed by atoms with Crippen molar-refractivity contribution in [2.75, 3.05) is 0 Å². The van der Waals surface area contributed by atoms with Crippen molar-refractivity contribution in [3.63, 3.8) is 0 Å². The predicted octanol–water partition coefficient (Wildman–Crippen LogP) is 3.27. The van der Waals surface area contributed by atoms with E-state index >= 15 is 0 Å². The summed E-state index contributed by atoms with van der Waals surface area (Å²) in [5, 5.41) is 0. The van der Waals surface area contributed by atoms with Crippen LogP contribution in [-0.2, 0) is 4.79 Å². The molecule has 1 nitrogen and oxygen atoms in total. The largest absolute Gasteiger partial charge is 0.300 e. The van der Waals surface area contributed by atoms with Gasteiger partial charge in [0.2, 0.25) is 0 Å². The molecule has 0 aromatic rings. The molecule has 1 aliphatic carbocycles. The number of Topliss-reactive ketones (excluding diaryl/α,β-unsaturated/α-hetero) is 1. The highest BCUT2D eigenvalue weighted by Gasteiger charge is 2.33. The van der Waals surface area contributed by atoms with Gasteiger partial charge < -0.3 is 0 Å². The summed E-state index contributed by atoms with van der Waals surface area (Å²) in [4.78, 5) is 11.4. The van der Waals surface area contributed by atoms with Crippen LogP contribution in [0.3, 0.4) is 0 Å². The molecule has 13 heavy (non-hydrogen) atoms. The zero-order valence-corrected chi connectivity index (χ0v) is 8.22. The Morgan fingerprint density at radius 3 is 2.38 bits per heavy atom. The first-order valence-electron chi connectivity index (χ1n) is 4.96. The van der Waals surface area contributed by atoms with Crippen molar-refractivity contribution in [2.24, 2.45) is 5.41 Å². The fourth-order valence-corrected chi connectivity index (χ4v) is 2.30. The molecule has 0 atom stereocenters. The van der Waals surface area contributed by atoms with Crippen LogP contribution in [0, 0.1) is 5.41 Å². The Kier molecular flexibility index (Phi) is 3.47. The second kappa shape index (κ2) is 4.40. The SMILES string of the molecule is C=CCC1(CC=C)CCCC(=O)C1. The molecule has 0 N–H and O–H groups in total. The summed E-state index contributed by atoms with van der Waals surface area (Å²) < 4.78 is 0. The first kappa shape index (κ1) is 10.2. The maximum absolute atomic E-state index is 11.4. The molecular formula is C12H18O. The average molecular weight is 178 g/mol. The van der Waals surface area contributed by atoms with Gasteiger partial charge in [-0.05, 0) is 31.1 Å². The molecule has 0 heterocycles. The molecule has 0 radical (unpaired) electrons. The van der Waals surface area contributed by atoms with Crippen LogP contribution in [0.5, 0.6) is 0 Å². The highest BCUT2D eigenvalue weighted by atomic mass is 16.1. The summed E-state index contributed by atoms with van der Waals surface area (Å²) in [5.74, 6) is 0.412. The molecule has 0 aliphatic heterocycles. The van der Waals surface area contributed by atoms with Crippen molar-refractivity contribution in [2.45, 2.75) is 38.5 Å². The van der Waals surface area contributed by atoms with E-state index < -0.39 is 0 Å². The van der Waals surface area contributed by atoms with E-state index in [1.54, 1.807) is 0 Å². The smallest absolute Gasteiger partial charge is 0.133 e. The third-order valence-electron chi connectivity index (χ3n) is 2.89. The van der Waals surface area contributed by atoms with Gasteiger partial charge in [-0.3, -0.25) is 4.79 Å². The Morgan fingerprint density at radius 1 is 1.31 bits per heavy atom. The normalized spacial score (nSPS) is 21.1. The molecule has 1 aliphatic rings. The average Bonchev–Trinajstić information content (AvgIpc) is 2.04. The van der Waals surface area contributed by atoms with Crippen LogP contribution >= 0.6 is 0 Å². The standard InChI is InChI=1S/C12H18O/c1-3-7-12(8-4-2)9-5-6-11(13)10-12/h3-4H,1-2,5-10H2. The van der Waals surface area contributed by atoms with Gasteiger partial charge in [0.05, 0.1) is 0 Å². The van der Waals surface area contributed by atoms with E-state index in [1.165, 1.54) is 0 Å². The number of hydrogen-bond acceptors (Lipinski definition) is 1. The van der Waals surface area contributed by atoms with E-state index in [9.17, 15) is 4.79 Å². The van der Waals surface area contributed by atoms with Gasteiger partial charge in [0.25, 0.3) is 0 Å². The molecule has 0 amide bonds. The van der Waals surface area contributed by atoms with Crippen molar-refractivity contribution in [1.29, 1.82) is 0 Å². The lowest BCUT2D eigenvalue weighted by Gasteiger charge is -2.34. The van der Waals surface area contributed by atoms with Crippen molar-refractivity contribution in [3.05, 3.63) is 25.3 Å². The monoisotopic (exact) mass is 178 g/mol. The minimum absolute atomic E-state index is 0.166. The van der Waals surface area contributed by atoms with Crippen LogP contribution in [0.1, 0.15) is 38.5 Å². The first-order valence-corrected chi connectivity index (χ1v) is 4.96. The van der Waals surface area contributed by atoms with Gasteiger partial charge >= 0.3 is 0 Å². The number of carbonyl (C=O) groups is 1. The lowest BCUT2D eigenvalue weighted by atomic mass is 9.69. The molecule has 72 valence electrons. The second-order valence-corrected chi connectivity index (χ2v) is 4.05. The zero-order valence-electron chi connectivity index (χ0n) is 8.22. The van der Waals surface area contributed by atoms with Crippen LogP contribution in [0.4, 0.5) is 0 Å². The summed E-state index contributed by atoms with van der Waals surface area (Å²) in [5.41, 5.74) is 0.166. The highest BCUT2D eigenvalue weighted by Crippen LogP contribution is 2.41. The molecule has 1 fully saturated rings. The first-order chi connectivity index (χ1) is 6.22. The molecule has 0 bridgehead atoms. The van der Waals surface area contributed by atoms with Crippen molar-refractivity contribution in [3.8, 4) is 0 Å². The Labute approximate surface area is 80.5 Å². The van der Waals surface area contributed by atoms with Crippen molar-refractivity contribution < 1.29 is 4.79 Å². The minimum Gasteiger partial charge on any atom is -0.300 e. The molecule has 0 aromatic carbocycles. The van der Waals surface area contributed by atoms with E-state index in [0.717, 1.165) is 38.5 Å². The van der Waals surface area contributed by atoms with E-state index in [1.807, 2.05) is 12.2 Å². The number of allylic oxidation sites excluding steroid dienone is 2. The van der Waals surface area contributed by atoms with Gasteiger partial charge in [-0.15, -0.1) is 13.2 Å². The van der Waals surface area contributed by atoms with Crippen LogP contribution in [0.2, 0.25) is 0 Å². The maximum atomic E-state index is 11.4. The zero-order chi connectivity index (χ0) is 9.73. The topological polar surface area (TPSA) is 17.1 Å². The Balaban J connectivity index is 2.68. The van der Waals surface area contributed by atoms with Crippen molar-refractivity contribution >= 4 is 5.78 Å². The van der Waals surface area contributed by atoms with Crippen LogP contribution in [0.15, 0.2) is 25.3 Å². The predicted molar refractivity (Wildman–Crippen MR) is 55.5 cm³/mol. The van der Waals surface area contributed by atoms with Crippen molar-refractivity contribution in [1.82, 2.24) is 0 Å². The van der Waals surface area contributed by atoms with E-state index in [4.69, 9.17) is 0 Å². The fraction of sp³-hybridized carbons (Fsp3) is 0.583. The molecular weight excluding hydrogens is 160 g/mol. The van der Waals surface area contributed by atoms with Gasteiger partial charge in [-0.1, -0.05) is 12.2 Å². The summed E-state index contributed by atoms with van der Waals surface area (Å²) >= 11 is 0. The van der Waals surface area contributed by atoms with Crippen LogP contribution in [0.25, 0.3) is 0 Å². The summed E-state index contributed by atoms with van der Waals surface area (Å²) in [6, 6.07) is 0. The number of rotatable bonds is 4. The van der Waals surface area contributed by atoms with E-state index in [2.05, 4.69) is 13.2 Å². The Bertz CT molecular complexity index is 205. The van der Waals surface area contributed by atoms with E-state index in [0.29, 0.717) is 5.78 Å². The van der Waals surface area contributed by atoms with E-state index in [-0.39, 0.29) is 5.41 Å². The lowest BCUT2D eigenvalue weighted by Crippen LogP contribution is -2.27. The molecule has 0 saturated heterocycles. The number of ketones is 1. The quantitative estimate of drug-likeness (QED) is 0.604.